The normalized spacial score (nSPS) is 14.2. The predicted octanol–water partition coefficient (Wildman–Crippen LogP) is 2.19. The van der Waals surface area contributed by atoms with Crippen LogP contribution in [0.5, 0.6) is 0 Å². The number of ether oxygens (including phenoxy) is 1. The molecule has 7 nitrogen and oxygen atoms in total. The average Bonchev–Trinajstić information content (AvgIpc) is 3.16. The molecule has 8 heteroatoms. The highest BCUT2D eigenvalue weighted by Gasteiger charge is 2.23. The van der Waals surface area contributed by atoms with Gasteiger partial charge < -0.3 is 15.4 Å². The molecule has 0 saturated carbocycles. The van der Waals surface area contributed by atoms with Gasteiger partial charge in [-0.05, 0) is 42.8 Å². The molecule has 3 heterocycles. The van der Waals surface area contributed by atoms with Crippen molar-refractivity contribution in [2.45, 2.75) is 6.42 Å². The van der Waals surface area contributed by atoms with Crippen molar-refractivity contribution < 1.29 is 13.9 Å². The lowest BCUT2D eigenvalue weighted by atomic mass is 9.98. The Balaban J connectivity index is 1.69. The fourth-order valence-corrected chi connectivity index (χ4v) is 3.58. The van der Waals surface area contributed by atoms with Crippen LogP contribution in [0.4, 0.5) is 10.2 Å². The molecule has 3 aromatic rings. The number of ketones is 1. The van der Waals surface area contributed by atoms with Crippen LogP contribution in [0.1, 0.15) is 21.6 Å². The van der Waals surface area contributed by atoms with Gasteiger partial charge >= 0.3 is 0 Å². The Labute approximate surface area is 174 Å². The van der Waals surface area contributed by atoms with Gasteiger partial charge in [-0.3, -0.25) is 14.5 Å². The minimum Gasteiger partial charge on any atom is -0.378 e. The zero-order valence-electron chi connectivity index (χ0n) is 16.8. The molecule has 156 valence electrons. The minimum absolute atomic E-state index is 0.255. The number of halogens is 1. The molecule has 0 unspecified atom stereocenters. The molecule has 0 spiro atoms. The fourth-order valence-electron chi connectivity index (χ4n) is 3.58. The summed E-state index contributed by atoms with van der Waals surface area (Å²) in [4.78, 5) is 19.9. The van der Waals surface area contributed by atoms with Gasteiger partial charge in [0.25, 0.3) is 0 Å². The summed E-state index contributed by atoms with van der Waals surface area (Å²) in [5.41, 5.74) is 8.44. The lowest BCUT2D eigenvalue weighted by Gasteiger charge is -2.26. The van der Waals surface area contributed by atoms with Crippen molar-refractivity contribution in [1.82, 2.24) is 14.8 Å². The summed E-state index contributed by atoms with van der Waals surface area (Å²) in [6.07, 6.45) is 2.46. The van der Waals surface area contributed by atoms with Crippen LogP contribution >= 0.6 is 0 Å². The van der Waals surface area contributed by atoms with Gasteiger partial charge in [-0.2, -0.15) is 5.10 Å². The number of rotatable bonds is 6. The first kappa shape index (κ1) is 20.2. The molecule has 1 aliphatic rings. The molecule has 0 atom stereocenters. The Bertz CT molecular complexity index is 1040. The number of carbonyl (C=O) groups is 1. The van der Waals surface area contributed by atoms with Crippen LogP contribution in [-0.2, 0) is 18.2 Å². The number of hydrogen-bond acceptors (Lipinski definition) is 6. The van der Waals surface area contributed by atoms with Gasteiger partial charge in [-0.1, -0.05) is 6.07 Å². The molecule has 0 aliphatic carbocycles. The van der Waals surface area contributed by atoms with Crippen molar-refractivity contribution >= 4 is 11.6 Å². The van der Waals surface area contributed by atoms with E-state index >= 15 is 0 Å². The third kappa shape index (κ3) is 4.10. The molecule has 1 fully saturated rings. The van der Waals surface area contributed by atoms with Crippen molar-refractivity contribution in [2.75, 3.05) is 37.7 Å². The predicted molar refractivity (Wildman–Crippen MR) is 112 cm³/mol. The third-order valence-electron chi connectivity index (χ3n) is 5.19. The van der Waals surface area contributed by atoms with Gasteiger partial charge in [0.1, 0.15) is 11.5 Å². The highest BCUT2D eigenvalue weighted by atomic mass is 19.1. The second-order valence-electron chi connectivity index (χ2n) is 7.22. The molecule has 1 aliphatic heterocycles. The van der Waals surface area contributed by atoms with Gasteiger partial charge in [0.2, 0.25) is 5.78 Å². The maximum Gasteiger partial charge on any atom is 0.211 e. The van der Waals surface area contributed by atoms with Crippen LogP contribution in [0, 0.1) is 5.82 Å². The summed E-state index contributed by atoms with van der Waals surface area (Å²) in [7, 11) is 1.72. The van der Waals surface area contributed by atoms with Crippen LogP contribution in [0.25, 0.3) is 11.3 Å². The first-order chi connectivity index (χ1) is 14.6. The summed E-state index contributed by atoms with van der Waals surface area (Å²) in [6.45, 7) is 3.22. The molecule has 30 heavy (non-hydrogen) atoms. The Kier molecular flexibility index (Phi) is 5.87. The van der Waals surface area contributed by atoms with Crippen molar-refractivity contribution in [1.29, 1.82) is 0 Å². The van der Waals surface area contributed by atoms with Crippen molar-refractivity contribution in [3.63, 3.8) is 0 Å². The smallest absolute Gasteiger partial charge is 0.211 e. The summed E-state index contributed by atoms with van der Waals surface area (Å²) in [5.74, 6) is -0.0596. The zero-order chi connectivity index (χ0) is 21.1. The standard InChI is InChI=1S/C22H24FN5O2/c1-27-20(13-21(26-27)28-8-10-30-11-9-28)22(29)18-12-16(23)3-4-17(18)19-5-2-15(6-7-24)14-25-19/h2-5,12-14H,6-11,24H2,1H3. The van der Waals surface area contributed by atoms with E-state index in [4.69, 9.17) is 10.5 Å². The summed E-state index contributed by atoms with van der Waals surface area (Å²) >= 11 is 0. The molecule has 0 bridgehead atoms. The van der Waals surface area contributed by atoms with E-state index in [1.54, 1.807) is 30.1 Å². The van der Waals surface area contributed by atoms with Crippen LogP contribution < -0.4 is 10.6 Å². The van der Waals surface area contributed by atoms with E-state index < -0.39 is 5.82 Å². The van der Waals surface area contributed by atoms with E-state index in [0.29, 0.717) is 42.5 Å². The summed E-state index contributed by atoms with van der Waals surface area (Å²) in [6, 6.07) is 9.69. The molecule has 0 amide bonds. The Morgan fingerprint density at radius 1 is 1.20 bits per heavy atom. The fraction of sp³-hybridized carbons (Fsp3) is 0.318. The highest BCUT2D eigenvalue weighted by Crippen LogP contribution is 2.27. The molecular formula is C22H24FN5O2. The monoisotopic (exact) mass is 409 g/mol. The second-order valence-corrected chi connectivity index (χ2v) is 7.22. The molecule has 2 aromatic heterocycles. The third-order valence-corrected chi connectivity index (χ3v) is 5.19. The molecule has 1 saturated heterocycles. The number of aromatic nitrogens is 3. The lowest BCUT2D eigenvalue weighted by Crippen LogP contribution is -2.36. The number of hydrogen-bond donors (Lipinski definition) is 1. The molecule has 2 N–H and O–H groups in total. The number of nitrogens with zero attached hydrogens (tertiary/aromatic N) is 4. The Hall–Kier alpha value is -3.10. The van der Waals surface area contributed by atoms with Crippen LogP contribution in [-0.4, -0.2) is 53.4 Å². The van der Waals surface area contributed by atoms with Crippen LogP contribution in [0.2, 0.25) is 0 Å². The average molecular weight is 409 g/mol. The number of aryl methyl sites for hydroxylation is 1. The maximum absolute atomic E-state index is 14.1. The number of carbonyl (C=O) groups excluding carboxylic acids is 1. The first-order valence-electron chi connectivity index (χ1n) is 9.93. The van der Waals surface area contributed by atoms with Crippen molar-refractivity contribution in [3.05, 3.63) is 65.2 Å². The van der Waals surface area contributed by atoms with Gasteiger partial charge in [-0.15, -0.1) is 0 Å². The number of anilines is 1. The van der Waals surface area contributed by atoms with E-state index in [2.05, 4.69) is 15.0 Å². The topological polar surface area (TPSA) is 86.3 Å². The molecule has 4 rings (SSSR count). The van der Waals surface area contributed by atoms with E-state index in [-0.39, 0.29) is 11.3 Å². The summed E-state index contributed by atoms with van der Waals surface area (Å²) < 4.78 is 21.0. The van der Waals surface area contributed by atoms with E-state index in [1.165, 1.54) is 12.1 Å². The van der Waals surface area contributed by atoms with Crippen LogP contribution in [0.3, 0.4) is 0 Å². The maximum atomic E-state index is 14.1. The second kappa shape index (κ2) is 8.73. The van der Waals surface area contributed by atoms with Crippen LogP contribution in [0.15, 0.2) is 42.6 Å². The molecule has 0 radical (unpaired) electrons. The largest absolute Gasteiger partial charge is 0.378 e. The van der Waals surface area contributed by atoms with Gasteiger partial charge in [0, 0.05) is 43.5 Å². The zero-order valence-corrected chi connectivity index (χ0v) is 16.8. The molecular weight excluding hydrogens is 385 g/mol. The highest BCUT2D eigenvalue weighted by molar-refractivity contribution is 6.12. The SMILES string of the molecule is Cn1nc(N2CCOCC2)cc1C(=O)c1cc(F)ccc1-c1ccc(CCN)cn1. The number of benzene rings is 1. The van der Waals surface area contributed by atoms with E-state index in [9.17, 15) is 9.18 Å². The lowest BCUT2D eigenvalue weighted by molar-refractivity contribution is 0.103. The van der Waals surface area contributed by atoms with Gasteiger partial charge in [0.05, 0.1) is 18.9 Å². The Morgan fingerprint density at radius 2 is 2.00 bits per heavy atom. The van der Waals surface area contributed by atoms with Gasteiger partial charge in [-0.25, -0.2) is 4.39 Å². The van der Waals surface area contributed by atoms with E-state index in [0.717, 1.165) is 25.1 Å². The van der Waals surface area contributed by atoms with Gasteiger partial charge in [0.15, 0.2) is 5.82 Å². The minimum atomic E-state index is -0.475. The summed E-state index contributed by atoms with van der Waals surface area (Å²) in [5, 5.41) is 4.48. The van der Waals surface area contributed by atoms with E-state index in [1.807, 2.05) is 12.1 Å². The quantitative estimate of drug-likeness (QED) is 0.628. The Morgan fingerprint density at radius 3 is 2.70 bits per heavy atom. The van der Waals surface area contributed by atoms with Crippen molar-refractivity contribution in [2.24, 2.45) is 12.8 Å². The first-order valence-corrected chi connectivity index (χ1v) is 9.93. The molecule has 1 aromatic carbocycles. The number of morpholine rings is 1. The number of pyridine rings is 1. The van der Waals surface area contributed by atoms with Crippen molar-refractivity contribution in [3.8, 4) is 11.3 Å². The number of nitrogens with two attached hydrogens (primary N) is 1.